The maximum absolute atomic E-state index is 12.6. The number of aldehydes is 1. The molecule has 2 amide bonds. The summed E-state index contributed by atoms with van der Waals surface area (Å²) >= 11 is 0. The molecule has 0 saturated heterocycles. The van der Waals surface area contributed by atoms with E-state index in [2.05, 4.69) is 0 Å². The van der Waals surface area contributed by atoms with E-state index in [4.69, 9.17) is 5.73 Å². The van der Waals surface area contributed by atoms with Crippen LogP contribution in [0.25, 0.3) is 0 Å². The third kappa shape index (κ3) is 4.11. The molecule has 2 aromatic rings. The molecule has 0 aromatic heterocycles. The van der Waals surface area contributed by atoms with Gasteiger partial charge in [0.05, 0.1) is 12.6 Å². The molecule has 0 fully saturated rings. The van der Waals surface area contributed by atoms with Crippen molar-refractivity contribution >= 4 is 18.1 Å². The monoisotopic (exact) mass is 310 g/mol. The molecule has 0 aliphatic rings. The van der Waals surface area contributed by atoms with Gasteiger partial charge in [-0.2, -0.15) is 0 Å². The lowest BCUT2D eigenvalue weighted by atomic mass is 10.0. The number of rotatable bonds is 6. The fraction of sp³-hybridized carbons (Fsp3) is 0.167. The van der Waals surface area contributed by atoms with Crippen molar-refractivity contribution in [2.75, 3.05) is 6.54 Å². The number of benzene rings is 2. The molecule has 23 heavy (non-hydrogen) atoms. The van der Waals surface area contributed by atoms with Crippen molar-refractivity contribution in [2.24, 2.45) is 5.73 Å². The van der Waals surface area contributed by atoms with Crippen molar-refractivity contribution < 1.29 is 14.4 Å². The standard InChI is InChI=1S/C18H18N2O3/c19-12-17(22)20(18(23)15-9-5-2-6-10-15)16(13-21)11-14-7-3-1-4-8-14/h1-10,13,16H,11-12,19H2/t16-/m0/s1. The Morgan fingerprint density at radius 2 is 1.57 bits per heavy atom. The van der Waals surface area contributed by atoms with Crippen LogP contribution in [0.2, 0.25) is 0 Å². The first kappa shape index (κ1) is 16.6. The first-order chi connectivity index (χ1) is 11.2. The summed E-state index contributed by atoms with van der Waals surface area (Å²) in [5.74, 6) is -1.10. The van der Waals surface area contributed by atoms with Gasteiger partial charge in [0.15, 0.2) is 0 Å². The summed E-state index contributed by atoms with van der Waals surface area (Å²) in [6, 6.07) is 16.7. The molecule has 118 valence electrons. The van der Waals surface area contributed by atoms with Crippen LogP contribution in [0.3, 0.4) is 0 Å². The normalized spacial score (nSPS) is 11.5. The highest BCUT2D eigenvalue weighted by Crippen LogP contribution is 2.12. The topological polar surface area (TPSA) is 80.5 Å². The Morgan fingerprint density at radius 3 is 2.09 bits per heavy atom. The average molecular weight is 310 g/mol. The number of hydrogen-bond acceptors (Lipinski definition) is 4. The van der Waals surface area contributed by atoms with Crippen molar-refractivity contribution in [3.05, 3.63) is 71.8 Å². The zero-order valence-corrected chi connectivity index (χ0v) is 12.6. The van der Waals surface area contributed by atoms with Crippen LogP contribution in [0.4, 0.5) is 0 Å². The maximum atomic E-state index is 12.6. The molecule has 0 radical (unpaired) electrons. The van der Waals surface area contributed by atoms with Crippen LogP contribution in [-0.2, 0) is 16.0 Å². The van der Waals surface area contributed by atoms with Crippen LogP contribution in [0, 0.1) is 0 Å². The van der Waals surface area contributed by atoms with Crippen LogP contribution in [0.1, 0.15) is 15.9 Å². The second-order valence-electron chi connectivity index (χ2n) is 5.03. The predicted molar refractivity (Wildman–Crippen MR) is 86.7 cm³/mol. The van der Waals surface area contributed by atoms with E-state index in [1.165, 1.54) is 0 Å². The van der Waals surface area contributed by atoms with Crippen molar-refractivity contribution in [3.8, 4) is 0 Å². The lowest BCUT2D eigenvalue weighted by Gasteiger charge is -2.26. The van der Waals surface area contributed by atoms with Crippen LogP contribution in [-0.4, -0.2) is 35.6 Å². The van der Waals surface area contributed by atoms with E-state index in [9.17, 15) is 14.4 Å². The van der Waals surface area contributed by atoms with Crippen molar-refractivity contribution in [2.45, 2.75) is 12.5 Å². The molecule has 5 heteroatoms. The largest absolute Gasteiger partial charge is 0.322 e. The fourth-order valence-electron chi connectivity index (χ4n) is 2.32. The number of nitrogens with two attached hydrogens (primary N) is 1. The molecule has 0 unspecified atom stereocenters. The Labute approximate surface area is 134 Å². The molecule has 0 aliphatic carbocycles. The van der Waals surface area contributed by atoms with E-state index in [-0.39, 0.29) is 13.0 Å². The SMILES string of the molecule is NCC(=O)N(C(=O)c1ccccc1)[C@H](C=O)Cc1ccccc1. The molecule has 0 heterocycles. The highest BCUT2D eigenvalue weighted by molar-refractivity contribution is 6.06. The first-order valence-corrected chi connectivity index (χ1v) is 7.28. The van der Waals surface area contributed by atoms with Gasteiger partial charge in [-0.05, 0) is 17.7 Å². The molecule has 0 aliphatic heterocycles. The summed E-state index contributed by atoms with van der Waals surface area (Å²) in [7, 11) is 0. The van der Waals surface area contributed by atoms with Gasteiger partial charge in [-0.3, -0.25) is 14.5 Å². The summed E-state index contributed by atoms with van der Waals surface area (Å²) in [5, 5.41) is 0. The van der Waals surface area contributed by atoms with E-state index < -0.39 is 17.9 Å². The maximum Gasteiger partial charge on any atom is 0.261 e. The smallest absolute Gasteiger partial charge is 0.261 e. The lowest BCUT2D eigenvalue weighted by molar-refractivity contribution is -0.131. The number of carbonyl (C=O) groups is 3. The van der Waals surface area contributed by atoms with Gasteiger partial charge in [0.1, 0.15) is 6.29 Å². The Kier molecular flexibility index (Phi) is 5.77. The van der Waals surface area contributed by atoms with Gasteiger partial charge in [0, 0.05) is 12.0 Å². The quantitative estimate of drug-likeness (QED) is 0.818. The van der Waals surface area contributed by atoms with Gasteiger partial charge in [-0.15, -0.1) is 0 Å². The Hall–Kier alpha value is -2.79. The summed E-state index contributed by atoms with van der Waals surface area (Å²) in [5.41, 5.74) is 6.62. The minimum Gasteiger partial charge on any atom is -0.322 e. The molecule has 0 saturated carbocycles. The van der Waals surface area contributed by atoms with Crippen LogP contribution in [0.15, 0.2) is 60.7 Å². The summed E-state index contributed by atoms with van der Waals surface area (Å²) in [4.78, 5) is 37.2. The average Bonchev–Trinajstić information content (AvgIpc) is 2.62. The third-order valence-electron chi connectivity index (χ3n) is 3.46. The summed E-state index contributed by atoms with van der Waals surface area (Å²) < 4.78 is 0. The molecule has 2 aromatic carbocycles. The van der Waals surface area contributed by atoms with E-state index >= 15 is 0 Å². The fourth-order valence-corrected chi connectivity index (χ4v) is 2.32. The van der Waals surface area contributed by atoms with Crippen molar-refractivity contribution in [1.82, 2.24) is 4.90 Å². The van der Waals surface area contributed by atoms with Gasteiger partial charge in [0.25, 0.3) is 5.91 Å². The van der Waals surface area contributed by atoms with Crippen LogP contribution in [0.5, 0.6) is 0 Å². The van der Waals surface area contributed by atoms with Crippen molar-refractivity contribution in [3.63, 3.8) is 0 Å². The Balaban J connectivity index is 2.31. The number of carbonyl (C=O) groups excluding carboxylic acids is 3. The lowest BCUT2D eigenvalue weighted by Crippen LogP contribution is -2.49. The predicted octanol–water partition coefficient (Wildman–Crippen LogP) is 1.42. The minimum atomic E-state index is -0.888. The minimum absolute atomic E-state index is 0.259. The molecule has 2 N–H and O–H groups in total. The van der Waals surface area contributed by atoms with Gasteiger partial charge in [-0.1, -0.05) is 48.5 Å². The zero-order valence-electron chi connectivity index (χ0n) is 12.6. The molecule has 0 spiro atoms. The highest BCUT2D eigenvalue weighted by atomic mass is 16.2. The Morgan fingerprint density at radius 1 is 1.00 bits per heavy atom. The number of imide groups is 1. The van der Waals surface area contributed by atoms with E-state index in [1.54, 1.807) is 30.3 Å². The second-order valence-corrected chi connectivity index (χ2v) is 5.03. The number of amides is 2. The number of nitrogens with zero attached hydrogens (tertiary/aromatic N) is 1. The van der Waals surface area contributed by atoms with Gasteiger partial charge in [-0.25, -0.2) is 0 Å². The van der Waals surface area contributed by atoms with Crippen LogP contribution < -0.4 is 5.73 Å². The molecule has 0 bridgehead atoms. The zero-order chi connectivity index (χ0) is 16.7. The van der Waals surface area contributed by atoms with Gasteiger partial charge < -0.3 is 10.5 Å². The number of hydrogen-bond donors (Lipinski definition) is 1. The van der Waals surface area contributed by atoms with Gasteiger partial charge in [0.2, 0.25) is 5.91 Å². The third-order valence-corrected chi connectivity index (χ3v) is 3.46. The summed E-state index contributed by atoms with van der Waals surface area (Å²) in [6.07, 6.45) is 0.871. The van der Waals surface area contributed by atoms with Crippen LogP contribution >= 0.6 is 0 Å². The van der Waals surface area contributed by atoms with E-state index in [0.717, 1.165) is 10.5 Å². The summed E-state index contributed by atoms with van der Waals surface area (Å²) in [6.45, 7) is -0.336. The van der Waals surface area contributed by atoms with E-state index in [1.807, 2.05) is 30.3 Å². The molecular weight excluding hydrogens is 292 g/mol. The molecular formula is C18H18N2O3. The van der Waals surface area contributed by atoms with Crippen molar-refractivity contribution in [1.29, 1.82) is 0 Å². The first-order valence-electron chi connectivity index (χ1n) is 7.28. The van der Waals surface area contributed by atoms with E-state index in [0.29, 0.717) is 11.8 Å². The molecule has 5 nitrogen and oxygen atoms in total. The highest BCUT2D eigenvalue weighted by Gasteiger charge is 2.29. The Bertz CT molecular complexity index is 671. The van der Waals surface area contributed by atoms with Gasteiger partial charge >= 0.3 is 0 Å². The molecule has 1 atom stereocenters. The molecule has 2 rings (SSSR count). The second kappa shape index (κ2) is 8.00.